The molecule has 3 aromatic rings. The van der Waals surface area contributed by atoms with E-state index in [4.69, 9.17) is 4.74 Å². The van der Waals surface area contributed by atoms with Crippen molar-refractivity contribution in [2.24, 2.45) is 17.8 Å². The first kappa shape index (κ1) is 32.4. The van der Waals surface area contributed by atoms with Crippen LogP contribution in [0, 0.1) is 35.2 Å². The molecule has 0 N–H and O–H groups in total. The molecule has 0 heterocycles. The molecule has 0 spiro atoms. The summed E-state index contributed by atoms with van der Waals surface area (Å²) in [4.78, 5) is 0. The summed E-state index contributed by atoms with van der Waals surface area (Å²) in [6, 6.07) is 15.7. The lowest BCUT2D eigenvalue weighted by molar-refractivity contribution is 0.155. The first-order valence-electron chi connectivity index (χ1n) is 17.2. The minimum absolute atomic E-state index is 0.139. The van der Waals surface area contributed by atoms with E-state index in [1.807, 2.05) is 31.2 Å². The monoisotopic (exact) mass is 602 g/mol. The molecular formula is C40H49F3O. The summed E-state index contributed by atoms with van der Waals surface area (Å²) in [6.45, 7) is 4.31. The van der Waals surface area contributed by atoms with Crippen LogP contribution in [0.1, 0.15) is 115 Å². The lowest BCUT2D eigenvalue weighted by Gasteiger charge is -2.38. The fraction of sp³-hybridized carbons (Fsp3) is 0.500. The molecule has 2 saturated carbocycles. The summed E-state index contributed by atoms with van der Waals surface area (Å²) in [5.41, 5.74) is 3.19. The van der Waals surface area contributed by atoms with Crippen molar-refractivity contribution in [2.45, 2.75) is 110 Å². The average molecular weight is 603 g/mol. The number of hydrogen-bond donors (Lipinski definition) is 0. The summed E-state index contributed by atoms with van der Waals surface area (Å²) in [5.74, 6) is 0.695. The van der Waals surface area contributed by atoms with E-state index in [1.54, 1.807) is 24.3 Å². The maximum absolute atomic E-state index is 15.4. The van der Waals surface area contributed by atoms with Crippen LogP contribution in [-0.4, -0.2) is 0 Å². The predicted molar refractivity (Wildman–Crippen MR) is 176 cm³/mol. The van der Waals surface area contributed by atoms with Gasteiger partial charge in [0, 0.05) is 5.56 Å². The molecule has 4 heteroatoms. The van der Waals surface area contributed by atoms with Gasteiger partial charge in [0.05, 0.1) is 6.26 Å². The summed E-state index contributed by atoms with van der Waals surface area (Å²) in [7, 11) is 0. The van der Waals surface area contributed by atoms with Gasteiger partial charge in [0.1, 0.15) is 5.82 Å². The van der Waals surface area contributed by atoms with Crippen LogP contribution in [0.5, 0.6) is 5.75 Å². The van der Waals surface area contributed by atoms with Gasteiger partial charge in [0.2, 0.25) is 5.82 Å². The van der Waals surface area contributed by atoms with E-state index in [0.29, 0.717) is 11.5 Å². The third-order valence-electron chi connectivity index (χ3n) is 10.3. The van der Waals surface area contributed by atoms with E-state index in [2.05, 4.69) is 6.92 Å². The normalized spacial score (nSPS) is 22.4. The smallest absolute Gasteiger partial charge is 0.201 e. The highest BCUT2D eigenvalue weighted by Gasteiger charge is 2.32. The maximum Gasteiger partial charge on any atom is 0.201 e. The van der Waals surface area contributed by atoms with Crippen molar-refractivity contribution in [1.29, 1.82) is 0 Å². The summed E-state index contributed by atoms with van der Waals surface area (Å²) in [6.07, 6.45) is 20.6. The summed E-state index contributed by atoms with van der Waals surface area (Å²) >= 11 is 0. The Hall–Kier alpha value is -3.01. The Balaban J connectivity index is 1.16. The van der Waals surface area contributed by atoms with E-state index in [0.717, 1.165) is 60.1 Å². The van der Waals surface area contributed by atoms with Crippen LogP contribution < -0.4 is 4.74 Å². The van der Waals surface area contributed by atoms with Crippen LogP contribution in [0.3, 0.4) is 0 Å². The minimum Gasteiger partial charge on any atom is -0.462 e. The number of halogens is 3. The van der Waals surface area contributed by atoms with Gasteiger partial charge in [0.15, 0.2) is 11.6 Å². The van der Waals surface area contributed by atoms with Gasteiger partial charge in [-0.3, -0.25) is 0 Å². The van der Waals surface area contributed by atoms with E-state index in [-0.39, 0.29) is 17.1 Å². The van der Waals surface area contributed by atoms with Gasteiger partial charge in [-0.15, -0.1) is 0 Å². The van der Waals surface area contributed by atoms with Crippen molar-refractivity contribution >= 4 is 0 Å². The Morgan fingerprint density at radius 1 is 0.682 bits per heavy atom. The summed E-state index contributed by atoms with van der Waals surface area (Å²) < 4.78 is 50.2. The third kappa shape index (κ3) is 7.98. The second kappa shape index (κ2) is 15.8. The molecule has 44 heavy (non-hydrogen) atoms. The Morgan fingerprint density at radius 3 is 2.00 bits per heavy atom. The molecule has 0 amide bonds. The highest BCUT2D eigenvalue weighted by molar-refractivity contribution is 5.71. The molecule has 2 fully saturated rings. The van der Waals surface area contributed by atoms with E-state index in [1.165, 1.54) is 82.6 Å². The quantitative estimate of drug-likeness (QED) is 0.148. The zero-order valence-corrected chi connectivity index (χ0v) is 26.6. The number of ether oxygens (including phenoxy) is 1. The molecule has 2 aliphatic rings. The SMILES string of the molecule is CCCC=COc1ccc(-c2ccc(-c3ccc(C4CCC(C5CCC(CCCCC)CC5)CC4)c(F)c3)cc2)c(F)c1F. The third-order valence-corrected chi connectivity index (χ3v) is 10.3. The molecule has 0 aromatic heterocycles. The first-order valence-corrected chi connectivity index (χ1v) is 17.2. The zero-order chi connectivity index (χ0) is 30.9. The number of benzene rings is 3. The fourth-order valence-electron chi connectivity index (χ4n) is 7.61. The fourth-order valence-corrected chi connectivity index (χ4v) is 7.61. The molecule has 0 bridgehead atoms. The molecule has 0 radical (unpaired) electrons. The maximum atomic E-state index is 15.4. The van der Waals surface area contributed by atoms with Gasteiger partial charge in [-0.05, 0) is 115 Å². The first-order chi connectivity index (χ1) is 21.5. The van der Waals surface area contributed by atoms with Crippen LogP contribution in [0.25, 0.3) is 22.3 Å². The van der Waals surface area contributed by atoms with E-state index in [9.17, 15) is 8.78 Å². The van der Waals surface area contributed by atoms with E-state index < -0.39 is 11.6 Å². The van der Waals surface area contributed by atoms with Crippen LogP contribution in [-0.2, 0) is 0 Å². The van der Waals surface area contributed by atoms with Gasteiger partial charge in [0.25, 0.3) is 0 Å². The van der Waals surface area contributed by atoms with Gasteiger partial charge in [-0.2, -0.15) is 4.39 Å². The number of allylic oxidation sites excluding steroid dienone is 1. The van der Waals surface area contributed by atoms with Gasteiger partial charge < -0.3 is 4.74 Å². The van der Waals surface area contributed by atoms with Crippen molar-refractivity contribution in [3.05, 3.63) is 90.0 Å². The molecule has 0 saturated heterocycles. The number of unbranched alkanes of at least 4 members (excludes halogenated alkanes) is 3. The van der Waals surface area contributed by atoms with Gasteiger partial charge >= 0.3 is 0 Å². The number of rotatable bonds is 12. The predicted octanol–water partition coefficient (Wildman–Crippen LogP) is 12.8. The average Bonchev–Trinajstić information content (AvgIpc) is 3.06. The van der Waals surface area contributed by atoms with Crippen LogP contribution in [0.15, 0.2) is 66.9 Å². The Kier molecular flexibility index (Phi) is 11.6. The summed E-state index contributed by atoms with van der Waals surface area (Å²) in [5, 5.41) is 0. The molecule has 2 aliphatic carbocycles. The second-order valence-corrected chi connectivity index (χ2v) is 13.2. The van der Waals surface area contributed by atoms with Crippen LogP contribution in [0.2, 0.25) is 0 Å². The Morgan fingerprint density at radius 2 is 1.34 bits per heavy atom. The lowest BCUT2D eigenvalue weighted by Crippen LogP contribution is -2.25. The Bertz CT molecular complexity index is 1360. The van der Waals surface area contributed by atoms with Crippen molar-refractivity contribution in [3.8, 4) is 28.0 Å². The van der Waals surface area contributed by atoms with Crippen LogP contribution >= 0.6 is 0 Å². The zero-order valence-electron chi connectivity index (χ0n) is 26.6. The molecular weight excluding hydrogens is 553 g/mol. The van der Waals surface area contributed by atoms with E-state index >= 15 is 4.39 Å². The number of hydrogen-bond acceptors (Lipinski definition) is 1. The Labute approximate surface area is 262 Å². The lowest BCUT2D eigenvalue weighted by atomic mass is 9.68. The molecule has 3 aromatic carbocycles. The second-order valence-electron chi connectivity index (χ2n) is 13.2. The molecule has 0 aliphatic heterocycles. The molecule has 236 valence electrons. The highest BCUT2D eigenvalue weighted by atomic mass is 19.2. The highest BCUT2D eigenvalue weighted by Crippen LogP contribution is 2.45. The largest absolute Gasteiger partial charge is 0.462 e. The molecule has 5 rings (SSSR count). The van der Waals surface area contributed by atoms with Crippen molar-refractivity contribution in [2.75, 3.05) is 0 Å². The van der Waals surface area contributed by atoms with Gasteiger partial charge in [-0.1, -0.05) is 95.2 Å². The van der Waals surface area contributed by atoms with Gasteiger partial charge in [-0.25, -0.2) is 8.78 Å². The topological polar surface area (TPSA) is 9.23 Å². The van der Waals surface area contributed by atoms with Crippen molar-refractivity contribution in [1.82, 2.24) is 0 Å². The molecule has 1 nitrogen and oxygen atoms in total. The van der Waals surface area contributed by atoms with Crippen LogP contribution in [0.4, 0.5) is 13.2 Å². The van der Waals surface area contributed by atoms with Crippen molar-refractivity contribution in [3.63, 3.8) is 0 Å². The van der Waals surface area contributed by atoms with Crippen molar-refractivity contribution < 1.29 is 17.9 Å². The molecule has 0 atom stereocenters. The standard InChI is InChI=1S/C40H49F3O/c1-3-5-7-9-28-10-12-29(13-11-28)30-14-18-32(19-15-30)35-23-22-34(27-37(35)41)31-16-20-33(21-17-31)36-24-25-38(40(43)39(36)42)44-26-8-6-4-2/h8,16-17,20-30,32H,3-7,9-15,18-19H2,1-2H3. The minimum atomic E-state index is -1.01. The molecule has 0 unspecified atom stereocenters.